The lowest BCUT2D eigenvalue weighted by Gasteiger charge is -2.05. The van der Waals surface area contributed by atoms with Crippen LogP contribution in [0.25, 0.3) is 11.1 Å². The third-order valence-electron chi connectivity index (χ3n) is 2.56. The summed E-state index contributed by atoms with van der Waals surface area (Å²) in [6, 6.07) is 8.36. The summed E-state index contributed by atoms with van der Waals surface area (Å²) in [4.78, 5) is 0. The van der Waals surface area contributed by atoms with Crippen molar-refractivity contribution < 1.29 is 0 Å². The SMILES string of the molecule is CC(N)Cc1nn(C)cc1-c1cccc(Br)c1. The molecule has 1 aromatic heterocycles. The minimum absolute atomic E-state index is 0.121. The van der Waals surface area contributed by atoms with E-state index in [-0.39, 0.29) is 6.04 Å². The van der Waals surface area contributed by atoms with E-state index >= 15 is 0 Å². The lowest BCUT2D eigenvalue weighted by molar-refractivity contribution is 0.686. The maximum absolute atomic E-state index is 5.85. The van der Waals surface area contributed by atoms with Crippen molar-refractivity contribution in [2.45, 2.75) is 19.4 Å². The van der Waals surface area contributed by atoms with E-state index in [1.165, 1.54) is 5.56 Å². The Balaban J connectivity index is 2.44. The van der Waals surface area contributed by atoms with Crippen molar-refractivity contribution in [3.05, 3.63) is 40.6 Å². The Morgan fingerprint density at radius 2 is 2.24 bits per heavy atom. The van der Waals surface area contributed by atoms with E-state index in [1.807, 2.05) is 37.0 Å². The Hall–Kier alpha value is -1.13. The smallest absolute Gasteiger partial charge is 0.0718 e. The van der Waals surface area contributed by atoms with Gasteiger partial charge in [-0.3, -0.25) is 4.68 Å². The molecule has 1 atom stereocenters. The van der Waals surface area contributed by atoms with Gasteiger partial charge in [-0.05, 0) is 24.6 Å². The van der Waals surface area contributed by atoms with E-state index in [1.54, 1.807) is 0 Å². The number of hydrogen-bond acceptors (Lipinski definition) is 2. The number of nitrogens with two attached hydrogens (primary N) is 1. The highest BCUT2D eigenvalue weighted by atomic mass is 79.9. The van der Waals surface area contributed by atoms with E-state index in [0.29, 0.717) is 0 Å². The summed E-state index contributed by atoms with van der Waals surface area (Å²) in [5.74, 6) is 0. The van der Waals surface area contributed by atoms with Crippen molar-refractivity contribution in [2.24, 2.45) is 12.8 Å². The van der Waals surface area contributed by atoms with Gasteiger partial charge in [0.15, 0.2) is 0 Å². The highest BCUT2D eigenvalue weighted by Gasteiger charge is 2.11. The van der Waals surface area contributed by atoms with Crippen LogP contribution < -0.4 is 5.73 Å². The Morgan fingerprint density at radius 3 is 2.88 bits per heavy atom. The van der Waals surface area contributed by atoms with Crippen molar-refractivity contribution in [3.63, 3.8) is 0 Å². The van der Waals surface area contributed by atoms with E-state index in [0.717, 1.165) is 22.2 Å². The van der Waals surface area contributed by atoms with Crippen LogP contribution in [0.2, 0.25) is 0 Å². The molecule has 1 unspecified atom stereocenters. The number of benzene rings is 1. The minimum atomic E-state index is 0.121. The molecule has 2 N–H and O–H groups in total. The second-order valence-electron chi connectivity index (χ2n) is 4.35. The van der Waals surface area contributed by atoms with Gasteiger partial charge in [-0.15, -0.1) is 0 Å². The molecule has 0 aliphatic rings. The van der Waals surface area contributed by atoms with Gasteiger partial charge in [-0.25, -0.2) is 0 Å². The summed E-state index contributed by atoms with van der Waals surface area (Å²) in [6.07, 6.45) is 2.84. The topological polar surface area (TPSA) is 43.8 Å². The molecule has 0 fully saturated rings. The van der Waals surface area contributed by atoms with Crippen LogP contribution in [0.3, 0.4) is 0 Å². The first kappa shape index (κ1) is 12.3. The Morgan fingerprint density at radius 1 is 1.47 bits per heavy atom. The Labute approximate surface area is 110 Å². The van der Waals surface area contributed by atoms with E-state index in [9.17, 15) is 0 Å². The van der Waals surface area contributed by atoms with Crippen LogP contribution in [0.15, 0.2) is 34.9 Å². The molecule has 90 valence electrons. The molecule has 1 aromatic carbocycles. The maximum Gasteiger partial charge on any atom is 0.0718 e. The quantitative estimate of drug-likeness (QED) is 0.946. The van der Waals surface area contributed by atoms with E-state index < -0.39 is 0 Å². The van der Waals surface area contributed by atoms with Crippen molar-refractivity contribution in [1.82, 2.24) is 9.78 Å². The fourth-order valence-corrected chi connectivity index (χ4v) is 2.29. The molecule has 0 aliphatic heterocycles. The highest BCUT2D eigenvalue weighted by molar-refractivity contribution is 9.10. The fraction of sp³-hybridized carbons (Fsp3) is 0.308. The van der Waals surface area contributed by atoms with Crippen LogP contribution in [0.1, 0.15) is 12.6 Å². The molecule has 3 nitrogen and oxygen atoms in total. The molecule has 4 heteroatoms. The number of rotatable bonds is 3. The summed E-state index contributed by atoms with van der Waals surface area (Å²) in [5, 5.41) is 4.48. The number of halogens is 1. The molecule has 0 spiro atoms. The number of nitrogens with zero attached hydrogens (tertiary/aromatic N) is 2. The van der Waals surface area contributed by atoms with Crippen molar-refractivity contribution in [1.29, 1.82) is 0 Å². The van der Waals surface area contributed by atoms with Crippen LogP contribution in [0, 0.1) is 0 Å². The summed E-state index contributed by atoms with van der Waals surface area (Å²) in [5.41, 5.74) is 9.24. The van der Waals surface area contributed by atoms with Gasteiger partial charge in [-0.1, -0.05) is 28.1 Å². The van der Waals surface area contributed by atoms with Gasteiger partial charge in [0, 0.05) is 35.7 Å². The zero-order chi connectivity index (χ0) is 12.4. The summed E-state index contributed by atoms with van der Waals surface area (Å²) in [7, 11) is 1.94. The molecule has 2 aromatic rings. The first-order chi connectivity index (χ1) is 8.06. The second-order valence-corrected chi connectivity index (χ2v) is 5.27. The van der Waals surface area contributed by atoms with Gasteiger partial charge < -0.3 is 5.73 Å². The van der Waals surface area contributed by atoms with Gasteiger partial charge in [0.2, 0.25) is 0 Å². The highest BCUT2D eigenvalue weighted by Crippen LogP contribution is 2.26. The first-order valence-electron chi connectivity index (χ1n) is 5.60. The third kappa shape index (κ3) is 2.96. The minimum Gasteiger partial charge on any atom is -0.328 e. The first-order valence-corrected chi connectivity index (χ1v) is 6.39. The fourth-order valence-electron chi connectivity index (χ4n) is 1.89. The largest absolute Gasteiger partial charge is 0.328 e. The van der Waals surface area contributed by atoms with Gasteiger partial charge in [0.05, 0.1) is 5.69 Å². The molecular formula is C13H16BrN3. The number of aromatic nitrogens is 2. The zero-order valence-corrected chi connectivity index (χ0v) is 11.6. The molecule has 2 rings (SSSR count). The number of aryl methyl sites for hydroxylation is 1. The summed E-state index contributed by atoms with van der Waals surface area (Å²) in [6.45, 7) is 2.00. The van der Waals surface area contributed by atoms with E-state index in [4.69, 9.17) is 5.73 Å². The Bertz CT molecular complexity index is 517. The van der Waals surface area contributed by atoms with Crippen LogP contribution in [-0.4, -0.2) is 15.8 Å². The second kappa shape index (κ2) is 5.02. The predicted octanol–water partition coefficient (Wildman–Crippen LogP) is 2.74. The van der Waals surface area contributed by atoms with Crippen LogP contribution >= 0.6 is 15.9 Å². The average molecular weight is 294 g/mol. The van der Waals surface area contributed by atoms with Crippen LogP contribution in [0.5, 0.6) is 0 Å². The lowest BCUT2D eigenvalue weighted by atomic mass is 10.0. The average Bonchev–Trinajstić information content (AvgIpc) is 2.58. The summed E-state index contributed by atoms with van der Waals surface area (Å²) < 4.78 is 2.92. The van der Waals surface area contributed by atoms with Crippen LogP contribution in [-0.2, 0) is 13.5 Å². The molecule has 0 saturated heterocycles. The van der Waals surface area contributed by atoms with Gasteiger partial charge in [-0.2, -0.15) is 5.10 Å². The third-order valence-corrected chi connectivity index (χ3v) is 3.05. The van der Waals surface area contributed by atoms with Crippen molar-refractivity contribution in [3.8, 4) is 11.1 Å². The van der Waals surface area contributed by atoms with Gasteiger partial charge in [0.25, 0.3) is 0 Å². The molecular weight excluding hydrogens is 278 g/mol. The standard InChI is InChI=1S/C13H16BrN3/c1-9(15)6-13-12(8-17(2)16-13)10-4-3-5-11(14)7-10/h3-5,7-9H,6,15H2,1-2H3. The predicted molar refractivity (Wildman–Crippen MR) is 73.7 cm³/mol. The molecule has 1 heterocycles. The number of hydrogen-bond donors (Lipinski definition) is 1. The Kier molecular flexibility index (Phi) is 3.64. The molecule has 0 saturated carbocycles. The van der Waals surface area contributed by atoms with Crippen molar-refractivity contribution in [2.75, 3.05) is 0 Å². The summed E-state index contributed by atoms with van der Waals surface area (Å²) >= 11 is 3.49. The molecule has 0 bridgehead atoms. The maximum atomic E-state index is 5.85. The van der Waals surface area contributed by atoms with Gasteiger partial charge in [0.1, 0.15) is 0 Å². The molecule has 17 heavy (non-hydrogen) atoms. The van der Waals surface area contributed by atoms with Crippen LogP contribution in [0.4, 0.5) is 0 Å². The zero-order valence-electron chi connectivity index (χ0n) is 10.0. The van der Waals surface area contributed by atoms with E-state index in [2.05, 4.69) is 33.2 Å². The lowest BCUT2D eigenvalue weighted by Crippen LogP contribution is -2.18. The van der Waals surface area contributed by atoms with Crippen molar-refractivity contribution >= 4 is 15.9 Å². The molecule has 0 aliphatic carbocycles. The normalized spacial score (nSPS) is 12.7. The molecule has 0 amide bonds. The molecule has 0 radical (unpaired) electrons. The van der Waals surface area contributed by atoms with Gasteiger partial charge >= 0.3 is 0 Å². The monoisotopic (exact) mass is 293 g/mol.